The smallest absolute Gasteiger partial charge is 0.416 e. The van der Waals surface area contributed by atoms with Gasteiger partial charge >= 0.3 is 6.18 Å². The first-order chi connectivity index (χ1) is 15.5. The number of aliphatic imine (C=N–C) groups is 1. The molecule has 2 aromatic carbocycles. The van der Waals surface area contributed by atoms with Crippen LogP contribution in [0.4, 0.5) is 18.9 Å². The summed E-state index contributed by atoms with van der Waals surface area (Å²) in [4.78, 5) is 18.5. The Balaban J connectivity index is 1.74. The summed E-state index contributed by atoms with van der Waals surface area (Å²) in [5.41, 5.74) is -0.560. The van der Waals surface area contributed by atoms with E-state index in [1.54, 1.807) is 6.07 Å². The van der Waals surface area contributed by atoms with Gasteiger partial charge in [0, 0.05) is 16.5 Å². The second kappa shape index (κ2) is 8.56. The molecule has 12 heteroatoms. The summed E-state index contributed by atoms with van der Waals surface area (Å²) < 4.78 is 74.6. The minimum absolute atomic E-state index is 0.126. The van der Waals surface area contributed by atoms with Crippen molar-refractivity contribution in [3.63, 3.8) is 0 Å². The van der Waals surface area contributed by atoms with Gasteiger partial charge < -0.3 is 14.4 Å². The van der Waals surface area contributed by atoms with Crippen LogP contribution < -0.4 is 14.4 Å². The third-order valence-electron chi connectivity index (χ3n) is 5.35. The average Bonchev–Trinajstić information content (AvgIpc) is 3.23. The highest BCUT2D eigenvalue weighted by Crippen LogP contribution is 2.42. The Morgan fingerprint density at radius 2 is 1.82 bits per heavy atom. The number of fused-ring (bicyclic) bond motifs is 1. The van der Waals surface area contributed by atoms with Gasteiger partial charge in [-0.15, -0.1) is 0 Å². The van der Waals surface area contributed by atoms with Gasteiger partial charge in [-0.2, -0.15) is 18.2 Å². The van der Waals surface area contributed by atoms with Crippen LogP contribution in [0.25, 0.3) is 0 Å². The van der Waals surface area contributed by atoms with Gasteiger partial charge in [0.1, 0.15) is 0 Å². The molecule has 0 radical (unpaired) electrons. The Labute approximate surface area is 192 Å². The largest absolute Gasteiger partial charge is 0.493 e. The van der Waals surface area contributed by atoms with Crippen molar-refractivity contribution in [1.29, 1.82) is 0 Å². The van der Waals surface area contributed by atoms with E-state index in [2.05, 4.69) is 4.99 Å². The fraction of sp³-hybridized carbons (Fsp3) is 0.333. The molecule has 0 bridgehead atoms. The predicted molar refractivity (Wildman–Crippen MR) is 119 cm³/mol. The van der Waals surface area contributed by atoms with Gasteiger partial charge in [0.05, 0.1) is 37.3 Å². The van der Waals surface area contributed by atoms with E-state index < -0.39 is 38.8 Å². The van der Waals surface area contributed by atoms with Crippen molar-refractivity contribution in [2.24, 2.45) is 4.99 Å². The van der Waals surface area contributed by atoms with Crippen LogP contribution in [-0.2, 0) is 16.0 Å². The van der Waals surface area contributed by atoms with Gasteiger partial charge in [-0.1, -0.05) is 17.8 Å². The van der Waals surface area contributed by atoms with E-state index >= 15 is 0 Å². The molecular formula is C21H19F3N2O5S2. The van der Waals surface area contributed by atoms with E-state index in [0.29, 0.717) is 11.5 Å². The number of carbonyl (C=O) groups excluding carboxylic acids is 1. The lowest BCUT2D eigenvalue weighted by atomic mass is 10.1. The highest BCUT2D eigenvalue weighted by Gasteiger charge is 2.49. The molecule has 7 nitrogen and oxygen atoms in total. The Kier molecular flexibility index (Phi) is 6.08. The Morgan fingerprint density at radius 3 is 2.48 bits per heavy atom. The quantitative estimate of drug-likeness (QED) is 0.634. The molecule has 0 spiro atoms. The standard InChI is InChI=1S/C21H19F3N2O5S2/c1-30-16-7-6-12(8-17(16)31-2)19(27)25-20-26(15-10-33(28,29)11-18(15)32-20)14-5-3-4-13(9-14)21(22,23)24/h3-9,15,18H,10-11H2,1-2H3/t15-,18-/m1/s1. The third-order valence-corrected chi connectivity index (χ3v) is 8.56. The van der Waals surface area contributed by atoms with Crippen LogP contribution in [0, 0.1) is 0 Å². The van der Waals surface area contributed by atoms with E-state index in [1.807, 2.05) is 0 Å². The number of amidine groups is 1. The molecule has 2 aromatic rings. The van der Waals surface area contributed by atoms with E-state index in [4.69, 9.17) is 9.47 Å². The topological polar surface area (TPSA) is 85.3 Å². The number of hydrogen-bond acceptors (Lipinski definition) is 6. The molecule has 2 heterocycles. The normalized spacial score (nSPS) is 22.9. The summed E-state index contributed by atoms with van der Waals surface area (Å²) >= 11 is 1.08. The van der Waals surface area contributed by atoms with Gasteiger partial charge in [-0.25, -0.2) is 8.42 Å². The molecule has 33 heavy (non-hydrogen) atoms. The van der Waals surface area contributed by atoms with Crippen LogP contribution in [-0.4, -0.2) is 56.5 Å². The molecule has 2 fully saturated rings. The molecule has 2 aliphatic rings. The lowest BCUT2D eigenvalue weighted by Gasteiger charge is -2.25. The first kappa shape index (κ1) is 23.4. The zero-order valence-electron chi connectivity index (χ0n) is 17.5. The number of hydrogen-bond donors (Lipinski definition) is 0. The highest BCUT2D eigenvalue weighted by atomic mass is 32.2. The number of carbonyl (C=O) groups is 1. The summed E-state index contributed by atoms with van der Waals surface area (Å²) in [6, 6.07) is 8.41. The van der Waals surface area contributed by atoms with Crippen LogP contribution in [0.2, 0.25) is 0 Å². The summed E-state index contributed by atoms with van der Waals surface area (Å²) in [7, 11) is -0.489. The number of benzene rings is 2. The molecule has 2 saturated heterocycles. The molecule has 0 saturated carbocycles. The van der Waals surface area contributed by atoms with E-state index in [1.165, 1.54) is 43.4 Å². The minimum atomic E-state index is -4.57. The number of amides is 1. The van der Waals surface area contributed by atoms with E-state index in [-0.39, 0.29) is 27.9 Å². The average molecular weight is 501 g/mol. The zero-order valence-corrected chi connectivity index (χ0v) is 19.1. The van der Waals surface area contributed by atoms with Crippen molar-refractivity contribution in [1.82, 2.24) is 0 Å². The van der Waals surface area contributed by atoms with Crippen molar-refractivity contribution in [3.8, 4) is 11.5 Å². The second-order valence-corrected chi connectivity index (χ2v) is 10.8. The summed E-state index contributed by atoms with van der Waals surface area (Å²) in [5, 5.41) is -0.291. The van der Waals surface area contributed by atoms with Gasteiger partial charge in [-0.3, -0.25) is 4.79 Å². The SMILES string of the molecule is COc1ccc(C(=O)N=C2S[C@@H]3CS(=O)(=O)C[C@H]3N2c2cccc(C(F)(F)F)c2)cc1OC. The summed E-state index contributed by atoms with van der Waals surface area (Å²) in [5.74, 6) is -0.271. The molecule has 176 valence electrons. The highest BCUT2D eigenvalue weighted by molar-refractivity contribution is 8.16. The van der Waals surface area contributed by atoms with Crippen molar-refractivity contribution < 1.29 is 35.9 Å². The van der Waals surface area contributed by atoms with Gasteiger partial charge in [0.25, 0.3) is 5.91 Å². The molecule has 0 N–H and O–H groups in total. The number of halogens is 3. The van der Waals surface area contributed by atoms with Crippen LogP contribution >= 0.6 is 11.8 Å². The van der Waals surface area contributed by atoms with Crippen molar-refractivity contribution >= 4 is 38.4 Å². The van der Waals surface area contributed by atoms with Gasteiger partial charge in [0.15, 0.2) is 26.5 Å². The number of thioether (sulfide) groups is 1. The van der Waals surface area contributed by atoms with Gasteiger partial charge in [-0.05, 0) is 36.4 Å². The molecule has 0 unspecified atom stereocenters. The summed E-state index contributed by atoms with van der Waals surface area (Å²) in [6.45, 7) is 0. The Morgan fingerprint density at radius 1 is 1.09 bits per heavy atom. The number of sulfone groups is 1. The lowest BCUT2D eigenvalue weighted by molar-refractivity contribution is -0.137. The van der Waals surface area contributed by atoms with Crippen molar-refractivity contribution in [2.75, 3.05) is 30.6 Å². The number of rotatable bonds is 4. The second-order valence-electron chi connectivity index (χ2n) is 7.49. The van der Waals surface area contributed by atoms with Crippen LogP contribution in [0.3, 0.4) is 0 Å². The number of anilines is 1. The van der Waals surface area contributed by atoms with E-state index in [9.17, 15) is 26.4 Å². The number of nitrogens with zero attached hydrogens (tertiary/aromatic N) is 2. The maximum atomic E-state index is 13.3. The predicted octanol–water partition coefficient (Wildman–Crippen LogP) is 3.64. The van der Waals surface area contributed by atoms with Crippen molar-refractivity contribution in [2.45, 2.75) is 17.5 Å². The first-order valence-electron chi connectivity index (χ1n) is 9.71. The van der Waals surface area contributed by atoms with Crippen LogP contribution in [0.15, 0.2) is 47.5 Å². The Bertz CT molecular complexity index is 1230. The molecule has 2 aliphatic heterocycles. The number of methoxy groups -OCH3 is 2. The lowest BCUT2D eigenvalue weighted by Crippen LogP contribution is -2.37. The van der Waals surface area contributed by atoms with Crippen molar-refractivity contribution in [3.05, 3.63) is 53.6 Å². The zero-order chi connectivity index (χ0) is 24.0. The molecule has 4 rings (SSSR count). The molecule has 0 aromatic heterocycles. The third kappa shape index (κ3) is 4.67. The molecular weight excluding hydrogens is 481 g/mol. The van der Waals surface area contributed by atoms with E-state index in [0.717, 1.165) is 23.9 Å². The maximum Gasteiger partial charge on any atom is 0.416 e. The fourth-order valence-electron chi connectivity index (χ4n) is 3.82. The summed E-state index contributed by atoms with van der Waals surface area (Å²) in [6.07, 6.45) is -4.57. The fourth-order valence-corrected chi connectivity index (χ4v) is 7.73. The first-order valence-corrected chi connectivity index (χ1v) is 12.4. The number of ether oxygens (including phenoxy) is 2. The number of alkyl halides is 3. The van der Waals surface area contributed by atoms with Gasteiger partial charge in [0.2, 0.25) is 0 Å². The molecule has 1 amide bonds. The van der Waals surface area contributed by atoms with Crippen LogP contribution in [0.1, 0.15) is 15.9 Å². The minimum Gasteiger partial charge on any atom is -0.493 e. The monoisotopic (exact) mass is 500 g/mol. The molecule has 0 aliphatic carbocycles. The molecule has 2 atom stereocenters. The Hall–Kier alpha value is -2.73. The maximum absolute atomic E-state index is 13.3. The van der Waals surface area contributed by atoms with Crippen LogP contribution in [0.5, 0.6) is 11.5 Å².